The maximum Gasteiger partial charge on any atom is 0.298 e. The second-order valence-electron chi connectivity index (χ2n) is 5.56. The molecule has 7 nitrogen and oxygen atoms in total. The van der Waals surface area contributed by atoms with Crippen molar-refractivity contribution in [2.24, 2.45) is 9.98 Å². The van der Waals surface area contributed by atoms with Gasteiger partial charge in [0, 0.05) is 18.2 Å². The Bertz CT molecular complexity index is 1190. The summed E-state index contributed by atoms with van der Waals surface area (Å²) in [4.78, 5) is 19.7. The third kappa shape index (κ3) is 2.06. The van der Waals surface area contributed by atoms with E-state index in [1.165, 1.54) is 6.07 Å². The van der Waals surface area contributed by atoms with E-state index < -0.39 is 4.92 Å². The minimum atomic E-state index is -0.475. The third-order valence-corrected chi connectivity index (χ3v) is 3.99. The molecule has 7 heteroatoms. The molecular weight excluding hydrogens is 322 g/mol. The molecule has 0 radical (unpaired) electrons. The monoisotopic (exact) mass is 331 g/mol. The summed E-state index contributed by atoms with van der Waals surface area (Å²) in [7, 11) is 0. The number of nitro groups is 1. The Morgan fingerprint density at radius 2 is 1.48 bits per heavy atom. The van der Waals surface area contributed by atoms with E-state index in [1.54, 1.807) is 24.3 Å². The lowest BCUT2D eigenvalue weighted by Crippen LogP contribution is -2.18. The number of hydrogen-bond acceptors (Lipinski definition) is 6. The molecule has 2 heterocycles. The van der Waals surface area contributed by atoms with Gasteiger partial charge >= 0.3 is 0 Å². The number of para-hydroxylation sites is 3. The van der Waals surface area contributed by atoms with Crippen molar-refractivity contribution in [3.63, 3.8) is 0 Å². The first-order valence-corrected chi connectivity index (χ1v) is 7.53. The molecule has 0 N–H and O–H groups in total. The topological polar surface area (TPSA) is 86.3 Å². The van der Waals surface area contributed by atoms with Gasteiger partial charge in [0.2, 0.25) is 0 Å². The molecule has 3 aromatic rings. The molecule has 0 fully saturated rings. The highest BCUT2D eigenvalue weighted by molar-refractivity contribution is 5.68. The average Bonchev–Trinajstić information content (AvgIpc) is 2.62. The maximum atomic E-state index is 11.2. The Morgan fingerprint density at radius 3 is 2.28 bits per heavy atom. The van der Waals surface area contributed by atoms with Gasteiger partial charge in [0.1, 0.15) is 16.4 Å². The Morgan fingerprint density at radius 1 is 0.800 bits per heavy atom. The van der Waals surface area contributed by atoms with Gasteiger partial charge in [0.25, 0.3) is 5.69 Å². The lowest BCUT2D eigenvalue weighted by atomic mass is 10.2. The van der Waals surface area contributed by atoms with Crippen LogP contribution in [0, 0.1) is 10.1 Å². The quantitative estimate of drug-likeness (QED) is 0.346. The van der Waals surface area contributed by atoms with Crippen molar-refractivity contribution in [1.29, 1.82) is 0 Å². The summed E-state index contributed by atoms with van der Waals surface area (Å²) >= 11 is 0. The fraction of sp³-hybridized carbons (Fsp3) is 0. The van der Waals surface area contributed by atoms with Crippen molar-refractivity contribution < 1.29 is 14.4 Å². The maximum absolute atomic E-state index is 11.2. The van der Waals surface area contributed by atoms with Crippen LogP contribution in [-0.2, 0) is 0 Å². The second-order valence-corrected chi connectivity index (χ2v) is 5.56. The number of fused-ring (bicyclic) bond motifs is 4. The van der Waals surface area contributed by atoms with Crippen LogP contribution in [0.25, 0.3) is 0 Å². The predicted octanol–water partition coefficient (Wildman–Crippen LogP) is 3.71. The highest BCUT2D eigenvalue weighted by Crippen LogP contribution is 2.41. The number of rotatable bonds is 1. The SMILES string of the molecule is O=[N+]([O-])c1cccc2c1N=c1cc3c(cc1O2)=Nc1ccccc1O3. The lowest BCUT2D eigenvalue weighted by molar-refractivity contribution is -0.384. The van der Waals surface area contributed by atoms with Crippen LogP contribution in [0.5, 0.6) is 23.0 Å². The van der Waals surface area contributed by atoms with Crippen molar-refractivity contribution in [2.45, 2.75) is 0 Å². The first-order chi connectivity index (χ1) is 12.2. The largest absolute Gasteiger partial charge is 0.453 e. The molecule has 0 unspecified atom stereocenters. The van der Waals surface area contributed by atoms with E-state index in [-0.39, 0.29) is 11.4 Å². The number of nitrogens with zero attached hydrogens (tertiary/aromatic N) is 3. The molecule has 0 bridgehead atoms. The Balaban J connectivity index is 1.75. The molecule has 0 atom stereocenters. The smallest absolute Gasteiger partial charge is 0.298 e. The van der Waals surface area contributed by atoms with E-state index in [0.717, 1.165) is 5.69 Å². The van der Waals surface area contributed by atoms with Crippen molar-refractivity contribution in [3.05, 3.63) is 75.4 Å². The molecule has 0 saturated carbocycles. The van der Waals surface area contributed by atoms with Gasteiger partial charge in [-0.1, -0.05) is 18.2 Å². The summed E-state index contributed by atoms with van der Waals surface area (Å²) in [5.41, 5.74) is 0.837. The van der Waals surface area contributed by atoms with Gasteiger partial charge in [-0.25, -0.2) is 9.98 Å². The van der Waals surface area contributed by atoms with Crippen LogP contribution >= 0.6 is 0 Å². The molecule has 3 aromatic carbocycles. The molecule has 0 spiro atoms. The van der Waals surface area contributed by atoms with Crippen LogP contribution in [-0.4, -0.2) is 4.92 Å². The summed E-state index contributed by atoms with van der Waals surface area (Å²) in [6, 6.07) is 15.5. The summed E-state index contributed by atoms with van der Waals surface area (Å²) in [6.45, 7) is 0. The molecule has 2 aliphatic rings. The van der Waals surface area contributed by atoms with Crippen molar-refractivity contribution >= 4 is 17.1 Å². The normalized spacial score (nSPS) is 12.8. The fourth-order valence-electron chi connectivity index (χ4n) is 2.85. The summed E-state index contributed by atoms with van der Waals surface area (Å²) in [5.74, 6) is 2.02. The Hall–Kier alpha value is -3.74. The zero-order valence-corrected chi connectivity index (χ0v) is 12.7. The van der Waals surface area contributed by atoms with Crippen LogP contribution in [0.4, 0.5) is 17.1 Å². The molecule has 0 aliphatic carbocycles. The van der Waals surface area contributed by atoms with Crippen LogP contribution in [0.2, 0.25) is 0 Å². The second kappa shape index (κ2) is 4.88. The van der Waals surface area contributed by atoms with Crippen LogP contribution in [0.3, 0.4) is 0 Å². The van der Waals surface area contributed by atoms with Gasteiger partial charge in [0.05, 0.1) is 4.92 Å². The van der Waals surface area contributed by atoms with Gasteiger partial charge in [-0.3, -0.25) is 10.1 Å². The molecule has 120 valence electrons. The van der Waals surface area contributed by atoms with E-state index in [4.69, 9.17) is 9.47 Å². The molecule has 25 heavy (non-hydrogen) atoms. The van der Waals surface area contributed by atoms with Crippen molar-refractivity contribution in [2.75, 3.05) is 0 Å². The number of nitro benzene ring substituents is 1. The highest BCUT2D eigenvalue weighted by Gasteiger charge is 2.23. The van der Waals surface area contributed by atoms with E-state index in [1.807, 2.05) is 24.3 Å². The molecular formula is C18H9N3O4. The van der Waals surface area contributed by atoms with Crippen molar-refractivity contribution in [1.82, 2.24) is 0 Å². The first kappa shape index (κ1) is 13.7. The highest BCUT2D eigenvalue weighted by atomic mass is 16.6. The zero-order valence-electron chi connectivity index (χ0n) is 12.7. The molecule has 0 saturated heterocycles. The molecule has 2 aliphatic heterocycles. The van der Waals surface area contributed by atoms with Crippen LogP contribution in [0.1, 0.15) is 0 Å². The zero-order chi connectivity index (χ0) is 17.0. The third-order valence-electron chi connectivity index (χ3n) is 3.99. The first-order valence-electron chi connectivity index (χ1n) is 7.53. The van der Waals surface area contributed by atoms with E-state index in [9.17, 15) is 10.1 Å². The number of hydrogen-bond donors (Lipinski definition) is 0. The summed E-state index contributed by atoms with van der Waals surface area (Å²) < 4.78 is 11.7. The van der Waals surface area contributed by atoms with Gasteiger partial charge in [-0.15, -0.1) is 0 Å². The van der Waals surface area contributed by atoms with E-state index in [0.29, 0.717) is 33.7 Å². The molecule has 5 rings (SSSR count). The fourth-order valence-corrected chi connectivity index (χ4v) is 2.85. The van der Waals surface area contributed by atoms with Gasteiger partial charge in [-0.2, -0.15) is 0 Å². The number of ether oxygens (including phenoxy) is 2. The van der Waals surface area contributed by atoms with Gasteiger partial charge in [-0.05, 0) is 18.2 Å². The minimum Gasteiger partial charge on any atom is -0.453 e. The van der Waals surface area contributed by atoms with Crippen LogP contribution < -0.4 is 20.2 Å². The summed E-state index contributed by atoms with van der Waals surface area (Å²) in [6.07, 6.45) is 0. The van der Waals surface area contributed by atoms with Crippen LogP contribution in [0.15, 0.2) is 64.6 Å². The minimum absolute atomic E-state index is 0.100. The predicted molar refractivity (Wildman–Crippen MR) is 87.8 cm³/mol. The Labute approximate surface area is 140 Å². The lowest BCUT2D eigenvalue weighted by Gasteiger charge is -2.17. The molecule has 0 aromatic heterocycles. The average molecular weight is 331 g/mol. The van der Waals surface area contributed by atoms with Gasteiger partial charge in [0.15, 0.2) is 28.7 Å². The summed E-state index contributed by atoms with van der Waals surface area (Å²) in [5, 5.41) is 12.3. The van der Waals surface area contributed by atoms with Crippen molar-refractivity contribution in [3.8, 4) is 23.0 Å². The standard InChI is InChI=1S/C18H9N3O4/c22-21(23)13-5-3-7-15-18(13)20-12-9-16-11(8-17(12)25-15)19-10-4-1-2-6-14(10)24-16/h1-9H. The van der Waals surface area contributed by atoms with E-state index in [2.05, 4.69) is 9.98 Å². The molecule has 0 amide bonds. The number of benzene rings is 3. The van der Waals surface area contributed by atoms with E-state index >= 15 is 0 Å². The Kier molecular flexibility index (Phi) is 2.67. The van der Waals surface area contributed by atoms with Gasteiger partial charge < -0.3 is 9.47 Å².